The molecule has 0 aromatic carbocycles. The Balaban J connectivity index is 2.03. The Labute approximate surface area is 129 Å². The van der Waals surface area contributed by atoms with Crippen molar-refractivity contribution in [1.29, 1.82) is 0 Å². The first-order valence-corrected chi connectivity index (χ1v) is 7.60. The summed E-state index contributed by atoms with van der Waals surface area (Å²) in [7, 11) is 0. The highest BCUT2D eigenvalue weighted by Crippen LogP contribution is 2.19. The molecule has 0 spiro atoms. The zero-order valence-corrected chi connectivity index (χ0v) is 12.8. The van der Waals surface area contributed by atoms with Crippen molar-refractivity contribution in [2.24, 2.45) is 0 Å². The lowest BCUT2D eigenvalue weighted by Gasteiger charge is -2.01. The van der Waals surface area contributed by atoms with E-state index in [0.29, 0.717) is 37.2 Å². The summed E-state index contributed by atoms with van der Waals surface area (Å²) in [6.07, 6.45) is 2.72. The molecule has 2 rings (SSSR count). The molecule has 0 saturated heterocycles. The van der Waals surface area contributed by atoms with Crippen LogP contribution in [-0.2, 0) is 16.1 Å². The minimum Gasteiger partial charge on any atom is -0.466 e. The van der Waals surface area contributed by atoms with E-state index in [1.807, 2.05) is 0 Å². The summed E-state index contributed by atoms with van der Waals surface area (Å²) in [5.41, 5.74) is -0.482. The van der Waals surface area contributed by atoms with Gasteiger partial charge in [-0.25, -0.2) is 4.98 Å². The molecule has 0 amide bonds. The van der Waals surface area contributed by atoms with Gasteiger partial charge in [0, 0.05) is 19.0 Å². The van der Waals surface area contributed by atoms with Crippen molar-refractivity contribution >= 4 is 33.4 Å². The van der Waals surface area contributed by atoms with Crippen LogP contribution in [0.4, 0.5) is 5.69 Å². The maximum absolute atomic E-state index is 12.2. The molecule has 0 radical (unpaired) electrons. The summed E-state index contributed by atoms with van der Waals surface area (Å²) >= 11 is 1.17. The Hall–Kier alpha value is -2.29. The van der Waals surface area contributed by atoms with Crippen molar-refractivity contribution in [3.05, 3.63) is 32.7 Å². The van der Waals surface area contributed by atoms with Crippen molar-refractivity contribution in [3.8, 4) is 0 Å². The van der Waals surface area contributed by atoms with Crippen molar-refractivity contribution in [2.45, 2.75) is 32.7 Å². The summed E-state index contributed by atoms with van der Waals surface area (Å²) in [4.78, 5) is 37.9. The molecular formula is C13H15N3O5S. The lowest BCUT2D eigenvalue weighted by molar-refractivity contribution is -0.385. The molecular weight excluding hydrogens is 310 g/mol. The molecule has 0 unspecified atom stereocenters. The normalized spacial score (nSPS) is 10.8. The van der Waals surface area contributed by atoms with E-state index >= 15 is 0 Å². The molecule has 8 nitrogen and oxygen atoms in total. The highest BCUT2D eigenvalue weighted by Gasteiger charge is 2.14. The van der Waals surface area contributed by atoms with Gasteiger partial charge in [-0.1, -0.05) is 0 Å². The number of nitrogens with zero attached hydrogens (tertiary/aromatic N) is 3. The van der Waals surface area contributed by atoms with E-state index in [4.69, 9.17) is 4.74 Å². The smallest absolute Gasteiger partial charge is 0.305 e. The Kier molecular flexibility index (Phi) is 5.21. The number of carbonyl (C=O) groups excluding carboxylic acids is 1. The van der Waals surface area contributed by atoms with Crippen molar-refractivity contribution in [1.82, 2.24) is 8.94 Å². The molecule has 2 heterocycles. The lowest BCUT2D eigenvalue weighted by atomic mass is 10.2. The molecule has 2 aromatic rings. The third-order valence-corrected chi connectivity index (χ3v) is 4.07. The molecule has 0 aliphatic rings. The van der Waals surface area contributed by atoms with Crippen LogP contribution in [0, 0.1) is 10.1 Å². The van der Waals surface area contributed by atoms with Gasteiger partial charge >= 0.3 is 5.97 Å². The minimum atomic E-state index is -0.576. The Morgan fingerprint density at radius 3 is 2.95 bits per heavy atom. The number of esters is 1. The van der Waals surface area contributed by atoms with Crippen LogP contribution in [0.3, 0.4) is 0 Å². The van der Waals surface area contributed by atoms with Gasteiger partial charge in [0.2, 0.25) is 0 Å². The molecule has 0 aliphatic carbocycles. The van der Waals surface area contributed by atoms with Crippen LogP contribution < -0.4 is 5.56 Å². The number of fused-ring (bicyclic) bond motifs is 1. The van der Waals surface area contributed by atoms with Gasteiger partial charge < -0.3 is 4.74 Å². The predicted molar refractivity (Wildman–Crippen MR) is 81.0 cm³/mol. The summed E-state index contributed by atoms with van der Waals surface area (Å²) in [6, 6.07) is 1.25. The number of hydrogen-bond donors (Lipinski definition) is 0. The maximum atomic E-state index is 12.2. The number of hydrogen-bond acceptors (Lipinski definition) is 7. The van der Waals surface area contributed by atoms with Gasteiger partial charge in [-0.3, -0.25) is 23.7 Å². The number of ether oxygens (including phenoxy) is 1. The van der Waals surface area contributed by atoms with Gasteiger partial charge in [-0.15, -0.1) is 0 Å². The van der Waals surface area contributed by atoms with E-state index in [1.165, 1.54) is 21.6 Å². The Morgan fingerprint density at radius 2 is 2.27 bits per heavy atom. The highest BCUT2D eigenvalue weighted by molar-refractivity contribution is 7.13. The molecule has 22 heavy (non-hydrogen) atoms. The Bertz CT molecular complexity index is 752. The predicted octanol–water partition coefficient (Wildman–Crippen LogP) is 2.10. The summed E-state index contributed by atoms with van der Waals surface area (Å²) in [5, 5.41) is 11.0. The van der Waals surface area contributed by atoms with Crippen molar-refractivity contribution in [3.63, 3.8) is 0 Å². The highest BCUT2D eigenvalue weighted by atomic mass is 32.1. The van der Waals surface area contributed by atoms with Gasteiger partial charge in [0.1, 0.15) is 11.0 Å². The first kappa shape index (κ1) is 16.1. The molecule has 118 valence electrons. The lowest BCUT2D eigenvalue weighted by Crippen LogP contribution is -2.13. The third-order valence-electron chi connectivity index (χ3n) is 3.00. The fourth-order valence-electron chi connectivity index (χ4n) is 1.95. The number of aromatic nitrogens is 2. The first-order chi connectivity index (χ1) is 10.5. The molecule has 0 bridgehead atoms. The molecule has 0 saturated carbocycles. The van der Waals surface area contributed by atoms with Crippen LogP contribution >= 0.6 is 11.5 Å². The fourth-order valence-corrected chi connectivity index (χ4v) is 2.91. The van der Waals surface area contributed by atoms with E-state index in [2.05, 4.69) is 4.98 Å². The fraction of sp³-hybridized carbons (Fsp3) is 0.462. The van der Waals surface area contributed by atoms with Crippen LogP contribution in [-0.4, -0.2) is 26.4 Å². The molecule has 0 aliphatic heterocycles. The molecule has 0 fully saturated rings. The topological polar surface area (TPSA) is 104 Å². The largest absolute Gasteiger partial charge is 0.466 e. The number of unbranched alkanes of at least 4 members (excludes halogenated alkanes) is 1. The van der Waals surface area contributed by atoms with E-state index in [9.17, 15) is 19.7 Å². The van der Waals surface area contributed by atoms with Crippen LogP contribution in [0.5, 0.6) is 0 Å². The minimum absolute atomic E-state index is 0.197. The second-order valence-electron chi connectivity index (χ2n) is 4.56. The average Bonchev–Trinajstić information content (AvgIpc) is 2.80. The number of nitro groups is 1. The van der Waals surface area contributed by atoms with E-state index in [0.717, 1.165) is 6.20 Å². The van der Waals surface area contributed by atoms with Crippen molar-refractivity contribution < 1.29 is 14.5 Å². The summed E-state index contributed by atoms with van der Waals surface area (Å²) in [6.45, 7) is 2.56. The average molecular weight is 325 g/mol. The SMILES string of the molecule is CCOC(=O)CCCCn1sc2ncc([N+](=O)[O-])cc2c1=O. The van der Waals surface area contributed by atoms with E-state index < -0.39 is 4.92 Å². The second kappa shape index (κ2) is 7.12. The maximum Gasteiger partial charge on any atom is 0.305 e. The molecule has 0 atom stereocenters. The monoisotopic (exact) mass is 325 g/mol. The van der Waals surface area contributed by atoms with Crippen LogP contribution in [0.25, 0.3) is 10.2 Å². The van der Waals surface area contributed by atoms with Gasteiger partial charge in [-0.2, -0.15) is 0 Å². The van der Waals surface area contributed by atoms with E-state index in [1.54, 1.807) is 6.92 Å². The van der Waals surface area contributed by atoms with Gasteiger partial charge in [0.25, 0.3) is 11.2 Å². The van der Waals surface area contributed by atoms with Crippen LogP contribution in [0.15, 0.2) is 17.1 Å². The van der Waals surface area contributed by atoms with Crippen LogP contribution in [0.1, 0.15) is 26.2 Å². The molecule has 2 aromatic heterocycles. The molecule has 9 heteroatoms. The summed E-state index contributed by atoms with van der Waals surface area (Å²) in [5.74, 6) is -0.247. The number of carbonyl (C=O) groups is 1. The van der Waals surface area contributed by atoms with Crippen molar-refractivity contribution in [2.75, 3.05) is 6.61 Å². The first-order valence-electron chi connectivity index (χ1n) is 6.82. The number of rotatable bonds is 7. The zero-order valence-electron chi connectivity index (χ0n) is 12.0. The second-order valence-corrected chi connectivity index (χ2v) is 5.57. The quantitative estimate of drug-likeness (QED) is 0.334. The molecule has 0 N–H and O–H groups in total. The zero-order chi connectivity index (χ0) is 16.1. The van der Waals surface area contributed by atoms with Gasteiger partial charge in [0.05, 0.1) is 16.9 Å². The standard InChI is InChI=1S/C13H15N3O5S/c1-2-21-11(17)5-3-4-6-15-13(18)10-7-9(16(19)20)8-14-12(10)22-15/h7-8H,2-6H2,1H3. The van der Waals surface area contributed by atoms with Gasteiger partial charge in [0.15, 0.2) is 0 Å². The number of aryl methyl sites for hydroxylation is 1. The number of pyridine rings is 1. The van der Waals surface area contributed by atoms with Gasteiger partial charge in [-0.05, 0) is 31.3 Å². The van der Waals surface area contributed by atoms with E-state index in [-0.39, 0.29) is 22.6 Å². The summed E-state index contributed by atoms with van der Waals surface area (Å²) < 4.78 is 6.33. The Morgan fingerprint density at radius 1 is 1.50 bits per heavy atom. The third kappa shape index (κ3) is 3.67. The van der Waals surface area contributed by atoms with Crippen LogP contribution in [0.2, 0.25) is 0 Å².